The van der Waals surface area contributed by atoms with Crippen molar-refractivity contribution in [1.29, 1.82) is 0 Å². The number of carbonyl (C=O) groups excluding carboxylic acids is 1. The highest BCUT2D eigenvalue weighted by Crippen LogP contribution is 2.18. The molecule has 0 radical (unpaired) electrons. The van der Waals surface area contributed by atoms with Gasteiger partial charge in [0, 0.05) is 42.8 Å². The molecule has 0 aliphatic carbocycles. The Hall–Kier alpha value is -2.56. The molecule has 0 aromatic carbocycles. The Bertz CT molecular complexity index is 678. The standard InChI is InChI=1S/C18H22N4O/c1-14-5-2-8-17(21-14)20-13-16-7-4-12-22(16)18(23)10-9-15-6-3-11-19-15/h2-3,5-6,8-11,16,19H,4,7,12-13H2,1H3,(H,20,21)/b10-9+. The van der Waals surface area contributed by atoms with Gasteiger partial charge >= 0.3 is 0 Å². The van der Waals surface area contributed by atoms with Gasteiger partial charge in [0.25, 0.3) is 0 Å². The molecule has 1 unspecified atom stereocenters. The minimum absolute atomic E-state index is 0.0705. The normalized spacial score (nSPS) is 17.8. The molecule has 1 amide bonds. The van der Waals surface area contributed by atoms with E-state index in [4.69, 9.17) is 0 Å². The van der Waals surface area contributed by atoms with Crippen LogP contribution in [0.5, 0.6) is 0 Å². The molecule has 1 fully saturated rings. The van der Waals surface area contributed by atoms with Gasteiger partial charge in [-0.15, -0.1) is 0 Å². The number of anilines is 1. The van der Waals surface area contributed by atoms with E-state index in [9.17, 15) is 4.79 Å². The number of nitrogens with zero attached hydrogens (tertiary/aromatic N) is 2. The summed E-state index contributed by atoms with van der Waals surface area (Å²) in [5.74, 6) is 0.937. The lowest BCUT2D eigenvalue weighted by Gasteiger charge is -2.24. The molecular weight excluding hydrogens is 288 g/mol. The smallest absolute Gasteiger partial charge is 0.246 e. The van der Waals surface area contributed by atoms with Crippen molar-refractivity contribution >= 4 is 17.8 Å². The van der Waals surface area contributed by atoms with Crippen LogP contribution >= 0.6 is 0 Å². The average Bonchev–Trinajstić information content (AvgIpc) is 3.22. The monoisotopic (exact) mass is 310 g/mol. The number of likely N-dealkylation sites (tertiary alicyclic amines) is 1. The molecule has 2 aromatic heterocycles. The molecule has 120 valence electrons. The first-order valence-electron chi connectivity index (χ1n) is 8.02. The topological polar surface area (TPSA) is 61.0 Å². The van der Waals surface area contributed by atoms with Crippen LogP contribution in [0.25, 0.3) is 6.08 Å². The summed E-state index contributed by atoms with van der Waals surface area (Å²) in [5, 5.41) is 3.35. The number of rotatable bonds is 5. The van der Waals surface area contributed by atoms with Gasteiger partial charge in [0.1, 0.15) is 5.82 Å². The van der Waals surface area contributed by atoms with E-state index in [1.807, 2.05) is 54.4 Å². The third-order valence-electron chi connectivity index (χ3n) is 4.09. The second-order valence-electron chi connectivity index (χ2n) is 5.83. The number of hydrogen-bond donors (Lipinski definition) is 2. The lowest BCUT2D eigenvalue weighted by molar-refractivity contribution is -0.126. The molecule has 2 aromatic rings. The van der Waals surface area contributed by atoms with Crippen LogP contribution in [0.15, 0.2) is 42.6 Å². The summed E-state index contributed by atoms with van der Waals surface area (Å²) in [5.41, 5.74) is 1.93. The van der Waals surface area contributed by atoms with Gasteiger partial charge in [0.15, 0.2) is 0 Å². The van der Waals surface area contributed by atoms with Crippen LogP contribution in [0.2, 0.25) is 0 Å². The van der Waals surface area contributed by atoms with E-state index in [1.165, 1.54) is 0 Å². The SMILES string of the molecule is Cc1cccc(NCC2CCCN2C(=O)/C=C/c2ccc[nH]2)n1. The van der Waals surface area contributed by atoms with Gasteiger partial charge in [0.05, 0.1) is 0 Å². The fraction of sp³-hybridized carbons (Fsp3) is 0.333. The van der Waals surface area contributed by atoms with E-state index >= 15 is 0 Å². The van der Waals surface area contributed by atoms with Crippen molar-refractivity contribution in [2.75, 3.05) is 18.4 Å². The lowest BCUT2D eigenvalue weighted by atomic mass is 10.2. The molecule has 2 N–H and O–H groups in total. The van der Waals surface area contributed by atoms with Crippen LogP contribution in [0.4, 0.5) is 5.82 Å². The van der Waals surface area contributed by atoms with E-state index in [0.29, 0.717) is 0 Å². The Labute approximate surface area is 136 Å². The maximum atomic E-state index is 12.4. The Balaban J connectivity index is 1.58. The predicted molar refractivity (Wildman–Crippen MR) is 92.0 cm³/mol. The number of aromatic amines is 1. The summed E-state index contributed by atoms with van der Waals surface area (Å²) in [6.07, 6.45) is 7.40. The second-order valence-corrected chi connectivity index (χ2v) is 5.83. The molecule has 5 heteroatoms. The van der Waals surface area contributed by atoms with Crippen molar-refractivity contribution in [3.63, 3.8) is 0 Å². The van der Waals surface area contributed by atoms with Crippen molar-refractivity contribution in [3.05, 3.63) is 54.0 Å². The first-order valence-corrected chi connectivity index (χ1v) is 8.02. The Kier molecular flexibility index (Phi) is 4.76. The number of amides is 1. The summed E-state index contributed by atoms with van der Waals surface area (Å²) < 4.78 is 0. The molecule has 3 heterocycles. The predicted octanol–water partition coefficient (Wildman–Crippen LogP) is 2.83. The molecule has 0 saturated carbocycles. The van der Waals surface area contributed by atoms with Gasteiger partial charge in [-0.2, -0.15) is 0 Å². The van der Waals surface area contributed by atoms with Crippen molar-refractivity contribution in [1.82, 2.24) is 14.9 Å². The Morgan fingerprint density at radius 3 is 3.13 bits per heavy atom. The minimum Gasteiger partial charge on any atom is -0.368 e. The summed E-state index contributed by atoms with van der Waals surface area (Å²) in [6, 6.07) is 10.00. The van der Waals surface area contributed by atoms with Crippen LogP contribution in [0.1, 0.15) is 24.2 Å². The highest BCUT2D eigenvalue weighted by atomic mass is 16.2. The third kappa shape index (κ3) is 4.00. The van der Waals surface area contributed by atoms with Crippen molar-refractivity contribution in [3.8, 4) is 0 Å². The fourth-order valence-corrected chi connectivity index (χ4v) is 2.91. The molecule has 23 heavy (non-hydrogen) atoms. The van der Waals surface area contributed by atoms with Crippen LogP contribution < -0.4 is 5.32 Å². The zero-order valence-corrected chi connectivity index (χ0v) is 13.3. The van der Waals surface area contributed by atoms with Gasteiger partial charge in [-0.05, 0) is 50.1 Å². The maximum Gasteiger partial charge on any atom is 0.246 e. The van der Waals surface area contributed by atoms with Crippen molar-refractivity contribution < 1.29 is 4.79 Å². The number of pyridine rings is 1. The zero-order valence-electron chi connectivity index (χ0n) is 13.3. The van der Waals surface area contributed by atoms with E-state index in [0.717, 1.165) is 43.1 Å². The van der Waals surface area contributed by atoms with Crippen LogP contribution in [-0.4, -0.2) is 39.9 Å². The summed E-state index contributed by atoms with van der Waals surface area (Å²) in [6.45, 7) is 3.53. The first kappa shape index (κ1) is 15.3. The second kappa shape index (κ2) is 7.13. The van der Waals surface area contributed by atoms with Crippen molar-refractivity contribution in [2.24, 2.45) is 0 Å². The Morgan fingerprint density at radius 1 is 1.43 bits per heavy atom. The molecule has 1 atom stereocenters. The van der Waals surface area contributed by atoms with Gasteiger partial charge < -0.3 is 15.2 Å². The zero-order chi connectivity index (χ0) is 16.1. The number of aryl methyl sites for hydroxylation is 1. The van der Waals surface area contributed by atoms with Crippen molar-refractivity contribution in [2.45, 2.75) is 25.8 Å². The Morgan fingerprint density at radius 2 is 2.35 bits per heavy atom. The molecule has 0 bridgehead atoms. The molecule has 1 aliphatic rings. The first-order chi connectivity index (χ1) is 11.2. The van der Waals surface area contributed by atoms with E-state index in [-0.39, 0.29) is 11.9 Å². The van der Waals surface area contributed by atoms with Gasteiger partial charge in [-0.3, -0.25) is 4.79 Å². The summed E-state index contributed by atoms with van der Waals surface area (Å²) >= 11 is 0. The van der Waals surface area contributed by atoms with Crippen LogP contribution in [-0.2, 0) is 4.79 Å². The van der Waals surface area contributed by atoms with Crippen LogP contribution in [0, 0.1) is 6.92 Å². The molecule has 1 saturated heterocycles. The number of H-pyrrole nitrogens is 1. The molecule has 1 aliphatic heterocycles. The average molecular weight is 310 g/mol. The summed E-state index contributed by atoms with van der Waals surface area (Å²) in [7, 11) is 0. The lowest BCUT2D eigenvalue weighted by Crippen LogP contribution is -2.38. The fourth-order valence-electron chi connectivity index (χ4n) is 2.91. The maximum absolute atomic E-state index is 12.4. The number of hydrogen-bond acceptors (Lipinski definition) is 3. The minimum atomic E-state index is 0.0705. The molecule has 0 spiro atoms. The third-order valence-corrected chi connectivity index (χ3v) is 4.09. The highest BCUT2D eigenvalue weighted by molar-refractivity contribution is 5.92. The van der Waals surface area contributed by atoms with E-state index < -0.39 is 0 Å². The van der Waals surface area contributed by atoms with E-state index in [2.05, 4.69) is 15.3 Å². The molecular formula is C18H22N4O. The van der Waals surface area contributed by atoms with Gasteiger partial charge in [0.2, 0.25) is 5.91 Å². The van der Waals surface area contributed by atoms with Gasteiger partial charge in [-0.25, -0.2) is 4.98 Å². The number of aromatic nitrogens is 2. The highest BCUT2D eigenvalue weighted by Gasteiger charge is 2.27. The number of carbonyl (C=O) groups is 1. The molecule has 3 rings (SSSR count). The largest absolute Gasteiger partial charge is 0.368 e. The number of nitrogens with one attached hydrogen (secondary N) is 2. The van der Waals surface area contributed by atoms with Crippen LogP contribution in [0.3, 0.4) is 0 Å². The molecule has 5 nitrogen and oxygen atoms in total. The van der Waals surface area contributed by atoms with E-state index in [1.54, 1.807) is 6.08 Å². The quantitative estimate of drug-likeness (QED) is 0.835. The summed E-state index contributed by atoms with van der Waals surface area (Å²) in [4.78, 5) is 21.9. The van der Waals surface area contributed by atoms with Gasteiger partial charge in [-0.1, -0.05) is 6.07 Å².